The van der Waals surface area contributed by atoms with Crippen LogP contribution in [0.2, 0.25) is 0 Å². The lowest BCUT2D eigenvalue weighted by molar-refractivity contribution is 0.262. The third-order valence-corrected chi connectivity index (χ3v) is 3.85. The van der Waals surface area contributed by atoms with Crippen LogP contribution in [0.15, 0.2) is 67.1 Å². The number of nitrogens with zero attached hydrogens (tertiary/aromatic N) is 3. The average molecular weight is 365 g/mol. The Balaban J connectivity index is 1.47. The number of hydrogen-bond acceptors (Lipinski definition) is 3. The summed E-state index contributed by atoms with van der Waals surface area (Å²) in [5, 5.41) is 4.84. The topological polar surface area (TPSA) is 71.3 Å². The molecule has 0 aliphatic rings. The van der Waals surface area contributed by atoms with Gasteiger partial charge in [-0.2, -0.15) is 0 Å². The lowest BCUT2D eigenvalue weighted by Gasteiger charge is -2.09. The minimum atomic E-state index is -0.720. The molecule has 0 spiro atoms. The zero-order valence-electron chi connectivity index (χ0n) is 13.9. The van der Waals surface area contributed by atoms with E-state index in [4.69, 9.17) is 0 Å². The van der Waals surface area contributed by atoms with E-state index in [1.54, 1.807) is 30.5 Å². The van der Waals surface area contributed by atoms with Crippen molar-refractivity contribution in [3.05, 3.63) is 78.8 Å². The number of carbonyl (C=O) groups is 1. The van der Waals surface area contributed by atoms with Crippen LogP contribution in [-0.4, -0.2) is 20.4 Å². The summed E-state index contributed by atoms with van der Waals surface area (Å²) in [6, 6.07) is 10.9. The van der Waals surface area contributed by atoms with E-state index in [0.717, 1.165) is 29.5 Å². The molecule has 4 aromatic rings. The van der Waals surface area contributed by atoms with Crippen molar-refractivity contribution < 1.29 is 13.6 Å². The molecule has 0 unspecified atom stereocenters. The zero-order chi connectivity index (χ0) is 18.8. The summed E-state index contributed by atoms with van der Waals surface area (Å²) in [4.78, 5) is 20.6. The van der Waals surface area contributed by atoms with Crippen LogP contribution in [0.1, 0.15) is 0 Å². The molecule has 0 saturated heterocycles. The van der Waals surface area contributed by atoms with Gasteiger partial charge in [-0.1, -0.05) is 12.1 Å². The van der Waals surface area contributed by atoms with Gasteiger partial charge in [-0.25, -0.2) is 23.5 Å². The monoisotopic (exact) mass is 365 g/mol. The highest BCUT2D eigenvalue weighted by Crippen LogP contribution is 2.21. The maximum Gasteiger partial charge on any atom is 0.323 e. The number of urea groups is 1. The Morgan fingerprint density at radius 2 is 1.85 bits per heavy atom. The molecule has 2 aromatic carbocycles. The van der Waals surface area contributed by atoms with Gasteiger partial charge in [-0.15, -0.1) is 0 Å². The van der Waals surface area contributed by atoms with Crippen LogP contribution in [0.4, 0.5) is 25.0 Å². The van der Waals surface area contributed by atoms with Gasteiger partial charge in [0.25, 0.3) is 0 Å². The fraction of sp³-hybridized carbons (Fsp3) is 0. The summed E-state index contributed by atoms with van der Waals surface area (Å²) in [5.41, 5.74) is 1.85. The Morgan fingerprint density at radius 3 is 2.63 bits per heavy atom. The summed E-state index contributed by atoms with van der Waals surface area (Å²) in [6.45, 7) is 0. The summed E-state index contributed by atoms with van der Waals surface area (Å²) in [6.07, 6.45) is 5.37. The van der Waals surface area contributed by atoms with E-state index >= 15 is 0 Å². The maximum atomic E-state index is 13.6. The van der Waals surface area contributed by atoms with Gasteiger partial charge in [0.1, 0.15) is 11.6 Å². The molecule has 2 heterocycles. The Kier molecular flexibility index (Phi) is 4.21. The molecule has 0 aliphatic carbocycles. The van der Waals surface area contributed by atoms with Gasteiger partial charge >= 0.3 is 6.03 Å². The van der Waals surface area contributed by atoms with Crippen LogP contribution in [0.25, 0.3) is 17.0 Å². The Hall–Kier alpha value is -3.81. The van der Waals surface area contributed by atoms with Crippen molar-refractivity contribution in [2.75, 3.05) is 10.6 Å². The lowest BCUT2D eigenvalue weighted by Crippen LogP contribution is -2.20. The van der Waals surface area contributed by atoms with Crippen molar-refractivity contribution in [2.45, 2.75) is 0 Å². The highest BCUT2D eigenvalue weighted by Gasteiger charge is 2.09. The van der Waals surface area contributed by atoms with Crippen molar-refractivity contribution in [3.8, 4) is 11.3 Å². The number of anilines is 2. The molecule has 0 fully saturated rings. The smallest absolute Gasteiger partial charge is 0.308 e. The first kappa shape index (κ1) is 16.6. The van der Waals surface area contributed by atoms with Gasteiger partial charge in [0.15, 0.2) is 0 Å². The number of carbonyl (C=O) groups excluding carboxylic acids is 1. The van der Waals surface area contributed by atoms with Crippen LogP contribution in [-0.2, 0) is 0 Å². The summed E-state index contributed by atoms with van der Waals surface area (Å²) in [7, 11) is 0. The van der Waals surface area contributed by atoms with Crippen molar-refractivity contribution in [1.82, 2.24) is 14.4 Å². The molecule has 0 radical (unpaired) electrons. The Morgan fingerprint density at radius 1 is 1.04 bits per heavy atom. The van der Waals surface area contributed by atoms with Crippen LogP contribution < -0.4 is 10.6 Å². The van der Waals surface area contributed by atoms with E-state index in [2.05, 4.69) is 20.6 Å². The summed E-state index contributed by atoms with van der Waals surface area (Å²) >= 11 is 0. The number of benzene rings is 2. The first-order chi connectivity index (χ1) is 13.1. The first-order valence-electron chi connectivity index (χ1n) is 8.02. The predicted molar refractivity (Wildman–Crippen MR) is 97.4 cm³/mol. The minimum Gasteiger partial charge on any atom is -0.308 e. The zero-order valence-corrected chi connectivity index (χ0v) is 13.9. The van der Waals surface area contributed by atoms with Crippen molar-refractivity contribution in [3.63, 3.8) is 0 Å². The fourth-order valence-electron chi connectivity index (χ4n) is 2.57. The second-order valence-electron chi connectivity index (χ2n) is 5.73. The number of amides is 2. The minimum absolute atomic E-state index is 0.235. The van der Waals surface area contributed by atoms with E-state index in [1.165, 1.54) is 0 Å². The molecule has 2 N–H and O–H groups in total. The summed E-state index contributed by atoms with van der Waals surface area (Å²) < 4.78 is 28.5. The van der Waals surface area contributed by atoms with Crippen molar-refractivity contribution in [1.29, 1.82) is 0 Å². The van der Waals surface area contributed by atoms with Gasteiger partial charge in [-0.05, 0) is 30.3 Å². The first-order valence-corrected chi connectivity index (χ1v) is 8.02. The number of hydrogen-bond donors (Lipinski definition) is 2. The number of fused-ring (bicyclic) bond motifs is 1. The second-order valence-corrected chi connectivity index (χ2v) is 5.73. The largest absolute Gasteiger partial charge is 0.323 e. The van der Waals surface area contributed by atoms with Gasteiger partial charge in [0.2, 0.25) is 5.78 Å². The van der Waals surface area contributed by atoms with E-state index in [1.807, 2.05) is 22.9 Å². The predicted octanol–water partition coefficient (Wildman–Crippen LogP) is 4.32. The van der Waals surface area contributed by atoms with Crippen molar-refractivity contribution >= 4 is 23.2 Å². The molecule has 0 bridgehead atoms. The molecule has 8 heteroatoms. The van der Waals surface area contributed by atoms with Crippen LogP contribution in [0, 0.1) is 11.6 Å². The van der Waals surface area contributed by atoms with Gasteiger partial charge in [-0.3, -0.25) is 4.40 Å². The van der Waals surface area contributed by atoms with Gasteiger partial charge < -0.3 is 10.6 Å². The highest BCUT2D eigenvalue weighted by atomic mass is 19.1. The SMILES string of the molecule is O=C(Nc1ccc(-c2cn3cccnc3n2)cc1)Nc1cc(F)ccc1F. The Bertz CT molecular complexity index is 1090. The van der Waals surface area contributed by atoms with Crippen molar-refractivity contribution in [2.24, 2.45) is 0 Å². The maximum absolute atomic E-state index is 13.6. The quantitative estimate of drug-likeness (QED) is 0.568. The molecule has 27 heavy (non-hydrogen) atoms. The molecule has 4 rings (SSSR count). The standard InChI is InChI=1S/C19H13F2N5O/c20-13-4-7-15(21)16(10-13)25-19(27)23-14-5-2-12(3-6-14)17-11-26-9-1-8-22-18(26)24-17/h1-11H,(H2,23,25,27). The third-order valence-electron chi connectivity index (χ3n) is 3.85. The average Bonchev–Trinajstić information content (AvgIpc) is 3.09. The van der Waals surface area contributed by atoms with E-state index in [9.17, 15) is 13.6 Å². The molecule has 0 aliphatic heterocycles. The van der Waals surface area contributed by atoms with E-state index in [0.29, 0.717) is 11.5 Å². The molecule has 2 aromatic heterocycles. The van der Waals surface area contributed by atoms with Crippen LogP contribution in [0.3, 0.4) is 0 Å². The molecule has 0 saturated carbocycles. The van der Waals surface area contributed by atoms with E-state index < -0.39 is 17.7 Å². The molecule has 2 amide bonds. The molecule has 0 atom stereocenters. The van der Waals surface area contributed by atoms with Crippen LogP contribution in [0.5, 0.6) is 0 Å². The number of nitrogens with one attached hydrogen (secondary N) is 2. The molecule has 6 nitrogen and oxygen atoms in total. The van der Waals surface area contributed by atoms with Gasteiger partial charge in [0, 0.05) is 35.9 Å². The summed E-state index contributed by atoms with van der Waals surface area (Å²) in [5.74, 6) is -0.772. The van der Waals surface area contributed by atoms with Gasteiger partial charge in [0.05, 0.1) is 11.4 Å². The fourth-order valence-corrected chi connectivity index (χ4v) is 2.57. The number of halogens is 2. The molecular formula is C19H13F2N5O. The molecular weight excluding hydrogens is 352 g/mol. The number of imidazole rings is 1. The lowest BCUT2D eigenvalue weighted by atomic mass is 10.1. The van der Waals surface area contributed by atoms with E-state index in [-0.39, 0.29) is 5.69 Å². The Labute approximate surface area is 152 Å². The number of rotatable bonds is 3. The third kappa shape index (κ3) is 3.59. The second kappa shape index (κ2) is 6.83. The normalized spacial score (nSPS) is 10.7. The number of aromatic nitrogens is 3. The van der Waals surface area contributed by atoms with Crippen LogP contribution >= 0.6 is 0 Å². The molecule has 134 valence electrons. The highest BCUT2D eigenvalue weighted by molar-refractivity contribution is 5.99.